The van der Waals surface area contributed by atoms with Gasteiger partial charge in [0.25, 0.3) is 0 Å². The van der Waals surface area contributed by atoms with Crippen molar-refractivity contribution in [3.05, 3.63) is 0 Å². The Bertz CT molecular complexity index is 8.04. The van der Waals surface area contributed by atoms with E-state index in [9.17, 15) is 0 Å². The van der Waals surface area contributed by atoms with E-state index in [1.807, 2.05) is 0 Å². The number of rotatable bonds is 0. The molecule has 0 spiro atoms. The van der Waals surface area contributed by atoms with Crippen LogP contribution in [-0.4, -0.2) is 27.4 Å². The van der Waals surface area contributed by atoms with Crippen LogP contribution in [0.2, 0.25) is 0 Å². The molecule has 0 amide bonds. The van der Waals surface area contributed by atoms with E-state index in [2.05, 4.69) is 0 Å². The van der Waals surface area contributed by atoms with Gasteiger partial charge in [-0.05, 0) is 0 Å². The molecule has 0 aromatic heterocycles. The van der Waals surface area contributed by atoms with Gasteiger partial charge in [0, 0.05) is 21.1 Å². The quantitative estimate of drug-likeness (QED) is 0.409. The van der Waals surface area contributed by atoms with E-state index in [4.69, 9.17) is 0 Å². The summed E-state index contributed by atoms with van der Waals surface area (Å²) in [5.41, 5.74) is 0. The number of hydrogen-bond acceptors (Lipinski definition) is 0. The van der Waals surface area contributed by atoms with Crippen molar-refractivity contribution >= 4 is 0 Å². The molecule has 0 unspecified atom stereocenters. The third kappa shape index (κ3) is 113. The van der Waals surface area contributed by atoms with Gasteiger partial charge in [0.15, 0.2) is 0 Å². The first kappa shape index (κ1) is 242. The summed E-state index contributed by atoms with van der Waals surface area (Å²) in [4.78, 5) is 0. The van der Waals surface area contributed by atoms with Gasteiger partial charge in [0.1, 0.15) is 0 Å². The second-order valence-corrected chi connectivity index (χ2v) is 0. The number of hydrogen-bond donors (Lipinski definition) is 0. The summed E-state index contributed by atoms with van der Waals surface area (Å²) >= 11 is 0. The summed E-state index contributed by atoms with van der Waals surface area (Å²) in [5.74, 6) is 0. The van der Waals surface area contributed by atoms with Gasteiger partial charge in [0.2, 0.25) is 0 Å². The minimum atomic E-state index is 0. The van der Waals surface area contributed by atoms with E-state index in [-0.39, 0.29) is 74.6 Å². The molecule has 0 fully saturated rings. The fraction of sp³-hybridized carbons (Fsp3) is 0. The summed E-state index contributed by atoms with van der Waals surface area (Å²) in [6.45, 7) is 0. The molecule has 0 rings (SSSR count). The Morgan fingerprint density at radius 2 is 0.429 bits per heavy atom. The molecule has 7 heavy (non-hydrogen) atoms. The molecular formula is H10O5WZr+4. The summed E-state index contributed by atoms with van der Waals surface area (Å²) in [7, 11) is 0. The molecule has 0 heterocycles. The van der Waals surface area contributed by atoms with Crippen LogP contribution in [0.5, 0.6) is 0 Å². The molecular weight excluding hydrogens is 355 g/mol. The molecule has 0 aliphatic heterocycles. The molecule has 0 aromatic rings. The van der Waals surface area contributed by atoms with Crippen molar-refractivity contribution in [2.45, 2.75) is 0 Å². The molecule has 0 saturated carbocycles. The molecule has 0 saturated heterocycles. The van der Waals surface area contributed by atoms with Gasteiger partial charge in [0.05, 0.1) is 0 Å². The minimum Gasteiger partial charge on any atom is -0.412 e. The van der Waals surface area contributed by atoms with E-state index in [0.717, 1.165) is 0 Å². The van der Waals surface area contributed by atoms with Crippen molar-refractivity contribution in [1.29, 1.82) is 0 Å². The van der Waals surface area contributed by atoms with Gasteiger partial charge in [-0.25, -0.2) is 0 Å². The third-order valence-corrected chi connectivity index (χ3v) is 0. The fourth-order valence-electron chi connectivity index (χ4n) is 0. The summed E-state index contributed by atoms with van der Waals surface area (Å²) in [6, 6.07) is 0. The average Bonchev–Trinajstić information content (AvgIpc) is 0. The Kier molecular flexibility index (Phi) is 5500. The standard InChI is InChI=1S/5H2O.W.Zr/h5*1H2;;/q;;;;;;+4. The van der Waals surface area contributed by atoms with Gasteiger partial charge in [-0.3, -0.25) is 0 Å². The van der Waals surface area contributed by atoms with Gasteiger partial charge in [-0.2, -0.15) is 0 Å². The molecule has 10 N–H and O–H groups in total. The van der Waals surface area contributed by atoms with Crippen LogP contribution in [0.1, 0.15) is 0 Å². The van der Waals surface area contributed by atoms with Crippen LogP contribution in [0, 0.1) is 0 Å². The van der Waals surface area contributed by atoms with Crippen LogP contribution in [0.3, 0.4) is 0 Å². The molecule has 0 radical (unpaired) electrons. The maximum absolute atomic E-state index is 0. The first-order valence-electron chi connectivity index (χ1n) is 0. The van der Waals surface area contributed by atoms with Crippen LogP contribution in [0.4, 0.5) is 0 Å². The van der Waals surface area contributed by atoms with Crippen molar-refractivity contribution in [3.8, 4) is 0 Å². The van der Waals surface area contributed by atoms with E-state index >= 15 is 0 Å². The first-order valence-corrected chi connectivity index (χ1v) is 0. The monoisotopic (exact) mass is 364 g/mol. The van der Waals surface area contributed by atoms with Crippen LogP contribution < -0.4 is 0 Å². The van der Waals surface area contributed by atoms with Crippen molar-refractivity contribution in [2.75, 3.05) is 0 Å². The fourth-order valence-corrected chi connectivity index (χ4v) is 0. The van der Waals surface area contributed by atoms with Crippen LogP contribution in [0.15, 0.2) is 0 Å². The second kappa shape index (κ2) is 159. The second-order valence-electron chi connectivity index (χ2n) is 0. The zero-order chi connectivity index (χ0) is 0. The predicted octanol–water partition coefficient (Wildman–Crippen LogP) is -4.13. The SMILES string of the molecule is O.O.O.O.O.[W].[Zr+4]. The smallest absolute Gasteiger partial charge is 0.412 e. The zero-order valence-electron chi connectivity index (χ0n) is 3.41. The van der Waals surface area contributed by atoms with Crippen LogP contribution >= 0.6 is 0 Å². The van der Waals surface area contributed by atoms with Gasteiger partial charge in [-0.1, -0.05) is 0 Å². The molecule has 5 nitrogen and oxygen atoms in total. The van der Waals surface area contributed by atoms with E-state index in [1.165, 1.54) is 0 Å². The van der Waals surface area contributed by atoms with E-state index < -0.39 is 0 Å². The molecule has 0 aliphatic rings. The molecule has 0 bridgehead atoms. The maximum Gasteiger partial charge on any atom is 4.00 e. The van der Waals surface area contributed by atoms with Crippen molar-refractivity contribution in [1.82, 2.24) is 0 Å². The molecule has 0 atom stereocenters. The Labute approximate surface area is 74.4 Å². The molecule has 46 valence electrons. The van der Waals surface area contributed by atoms with E-state index in [0.29, 0.717) is 0 Å². The van der Waals surface area contributed by atoms with E-state index in [1.54, 1.807) is 0 Å². The third-order valence-electron chi connectivity index (χ3n) is 0. The summed E-state index contributed by atoms with van der Waals surface area (Å²) in [5, 5.41) is 0. The Balaban J connectivity index is 0. The van der Waals surface area contributed by atoms with Gasteiger partial charge >= 0.3 is 26.2 Å². The topological polar surface area (TPSA) is 158 Å². The summed E-state index contributed by atoms with van der Waals surface area (Å²) < 4.78 is 0. The Morgan fingerprint density at radius 1 is 0.429 bits per heavy atom. The minimum absolute atomic E-state index is 0. The summed E-state index contributed by atoms with van der Waals surface area (Å²) in [6.07, 6.45) is 0. The Morgan fingerprint density at radius 3 is 0.429 bits per heavy atom. The van der Waals surface area contributed by atoms with Gasteiger partial charge < -0.3 is 27.4 Å². The Hall–Kier alpha value is 1.37. The van der Waals surface area contributed by atoms with Crippen molar-refractivity contribution in [2.24, 2.45) is 0 Å². The van der Waals surface area contributed by atoms with Crippen molar-refractivity contribution < 1.29 is 74.6 Å². The molecule has 7 heteroatoms. The molecule has 0 aliphatic carbocycles. The maximum atomic E-state index is 0. The van der Waals surface area contributed by atoms with Crippen molar-refractivity contribution in [3.63, 3.8) is 0 Å². The normalized spacial score (nSPS) is 0. The zero-order valence-corrected chi connectivity index (χ0v) is 8.80. The average molecular weight is 365 g/mol. The largest absolute Gasteiger partial charge is 4.00 e. The van der Waals surface area contributed by atoms with Gasteiger partial charge in [-0.15, -0.1) is 0 Å². The van der Waals surface area contributed by atoms with Crippen LogP contribution in [-0.2, 0) is 47.3 Å². The first-order chi connectivity index (χ1) is 0. The predicted molar refractivity (Wildman–Crippen MR) is 18.1 cm³/mol. The van der Waals surface area contributed by atoms with Crippen LogP contribution in [0.25, 0.3) is 0 Å². The molecule has 0 aromatic carbocycles.